The third-order valence-corrected chi connectivity index (χ3v) is 11.1. The summed E-state index contributed by atoms with van der Waals surface area (Å²) in [6.07, 6.45) is 7.72. The van der Waals surface area contributed by atoms with E-state index in [1.165, 1.54) is 18.4 Å². The molecule has 2 nitrogen and oxygen atoms in total. The first kappa shape index (κ1) is 25.5. The molecular formula is C28H45F3O2. The number of alkyl halides is 3. The summed E-state index contributed by atoms with van der Waals surface area (Å²) in [6.45, 7) is 9.89. The van der Waals surface area contributed by atoms with Gasteiger partial charge >= 0.3 is 6.18 Å². The molecule has 0 aromatic rings. The SMILES string of the molecule is C[C@H](CC[C@](C)(O)C(F)(F)F)[C@H]1CC[C@H]2[C@@H]3CC=C4C[C@](C)(O)CCC[C@]4(C)[C@H]3CC[C@]12C. The van der Waals surface area contributed by atoms with Crippen LogP contribution in [0.15, 0.2) is 11.6 Å². The molecule has 0 spiro atoms. The third kappa shape index (κ3) is 4.32. The number of halogens is 3. The van der Waals surface area contributed by atoms with Crippen LogP contribution in [0.4, 0.5) is 13.2 Å². The van der Waals surface area contributed by atoms with E-state index in [0.717, 1.165) is 51.9 Å². The van der Waals surface area contributed by atoms with Crippen molar-refractivity contribution >= 4 is 0 Å². The first-order valence-electron chi connectivity index (χ1n) is 13.3. The van der Waals surface area contributed by atoms with E-state index in [9.17, 15) is 23.4 Å². The van der Waals surface area contributed by atoms with Crippen LogP contribution in [0.5, 0.6) is 0 Å². The van der Waals surface area contributed by atoms with E-state index in [2.05, 4.69) is 26.8 Å². The molecular weight excluding hydrogens is 425 g/mol. The van der Waals surface area contributed by atoms with Crippen LogP contribution in [-0.2, 0) is 0 Å². The van der Waals surface area contributed by atoms with Gasteiger partial charge in [0.1, 0.15) is 0 Å². The van der Waals surface area contributed by atoms with Gasteiger partial charge in [-0.3, -0.25) is 0 Å². The van der Waals surface area contributed by atoms with Crippen molar-refractivity contribution in [1.82, 2.24) is 0 Å². The van der Waals surface area contributed by atoms with Crippen molar-refractivity contribution in [3.8, 4) is 0 Å². The lowest BCUT2D eigenvalue weighted by Gasteiger charge is -2.57. The molecule has 0 aromatic heterocycles. The van der Waals surface area contributed by atoms with E-state index in [-0.39, 0.29) is 23.2 Å². The molecule has 0 heterocycles. The Bertz CT molecular complexity index is 770. The van der Waals surface area contributed by atoms with Crippen LogP contribution in [0.3, 0.4) is 0 Å². The van der Waals surface area contributed by atoms with Gasteiger partial charge in [-0.05, 0) is 125 Å². The minimum absolute atomic E-state index is 0.180. The van der Waals surface area contributed by atoms with Gasteiger partial charge in [-0.2, -0.15) is 13.2 Å². The Labute approximate surface area is 198 Å². The molecule has 0 unspecified atom stereocenters. The summed E-state index contributed by atoms with van der Waals surface area (Å²) in [4.78, 5) is 0. The average molecular weight is 471 g/mol. The molecule has 33 heavy (non-hydrogen) atoms. The van der Waals surface area contributed by atoms with Gasteiger partial charge in [0.2, 0.25) is 0 Å². The molecule has 4 aliphatic carbocycles. The van der Waals surface area contributed by atoms with Crippen LogP contribution in [0.2, 0.25) is 0 Å². The Hall–Kier alpha value is -0.550. The van der Waals surface area contributed by atoms with Crippen molar-refractivity contribution in [1.29, 1.82) is 0 Å². The highest BCUT2D eigenvalue weighted by Gasteiger charge is 2.59. The number of hydrogen-bond donors (Lipinski definition) is 2. The predicted octanol–water partition coefficient (Wildman–Crippen LogP) is 7.44. The van der Waals surface area contributed by atoms with Gasteiger partial charge in [-0.15, -0.1) is 0 Å². The minimum Gasteiger partial charge on any atom is -0.390 e. The second kappa shape index (κ2) is 8.25. The molecule has 2 N–H and O–H groups in total. The smallest absolute Gasteiger partial charge is 0.390 e. The Balaban J connectivity index is 1.50. The van der Waals surface area contributed by atoms with Crippen LogP contribution < -0.4 is 0 Å². The first-order valence-corrected chi connectivity index (χ1v) is 13.3. The van der Waals surface area contributed by atoms with Gasteiger partial charge in [0.15, 0.2) is 5.60 Å². The molecule has 0 bridgehead atoms. The van der Waals surface area contributed by atoms with Crippen molar-refractivity contribution in [2.24, 2.45) is 40.4 Å². The van der Waals surface area contributed by atoms with E-state index >= 15 is 0 Å². The fraction of sp³-hybridized carbons (Fsp3) is 0.929. The summed E-state index contributed by atoms with van der Waals surface area (Å²) < 4.78 is 39.5. The topological polar surface area (TPSA) is 40.5 Å². The molecule has 0 aliphatic heterocycles. The molecule has 3 saturated carbocycles. The standard InChI is InChI=1S/C28H45F3O2/c1-18(11-16-27(5,33)28(29,30)31)21-9-10-22-20-8-7-19-17-24(2,32)13-6-14-25(19,3)23(20)12-15-26(21,22)4/h7,18,20-23,32-33H,6,8-17H2,1-5H3/t18-,20+,21-,22+,23+,24-,25+,26-,27+/m1/s1. The van der Waals surface area contributed by atoms with Crippen LogP contribution in [0, 0.1) is 40.4 Å². The predicted molar refractivity (Wildman–Crippen MR) is 126 cm³/mol. The van der Waals surface area contributed by atoms with Crippen molar-refractivity contribution in [3.63, 3.8) is 0 Å². The van der Waals surface area contributed by atoms with E-state index < -0.39 is 17.4 Å². The number of rotatable bonds is 4. The number of allylic oxidation sites excluding steroid dienone is 1. The van der Waals surface area contributed by atoms with Crippen molar-refractivity contribution in [3.05, 3.63) is 11.6 Å². The first-order chi connectivity index (χ1) is 15.1. The highest BCUT2D eigenvalue weighted by Crippen LogP contribution is 2.67. The molecule has 3 fully saturated rings. The molecule has 0 aromatic carbocycles. The third-order valence-electron chi connectivity index (χ3n) is 11.1. The van der Waals surface area contributed by atoms with Crippen LogP contribution in [0.1, 0.15) is 105 Å². The zero-order valence-electron chi connectivity index (χ0n) is 21.3. The Kier molecular flexibility index (Phi) is 6.39. The van der Waals surface area contributed by atoms with E-state index in [1.54, 1.807) is 0 Å². The molecule has 9 atom stereocenters. The zero-order valence-corrected chi connectivity index (χ0v) is 21.3. The number of fused-ring (bicyclic) bond motifs is 5. The summed E-state index contributed by atoms with van der Waals surface area (Å²) in [5.74, 6) is 2.55. The number of hydrogen-bond acceptors (Lipinski definition) is 2. The summed E-state index contributed by atoms with van der Waals surface area (Å²) in [7, 11) is 0. The normalized spacial score (nSPS) is 46.3. The monoisotopic (exact) mass is 470 g/mol. The van der Waals surface area contributed by atoms with Crippen LogP contribution in [-0.4, -0.2) is 27.6 Å². The van der Waals surface area contributed by atoms with Gasteiger partial charge in [-0.1, -0.05) is 32.4 Å². The second-order valence-corrected chi connectivity index (χ2v) is 13.3. The van der Waals surface area contributed by atoms with Crippen molar-refractivity contribution in [2.75, 3.05) is 0 Å². The zero-order chi connectivity index (χ0) is 24.4. The minimum atomic E-state index is -4.57. The highest BCUT2D eigenvalue weighted by atomic mass is 19.4. The quantitative estimate of drug-likeness (QED) is 0.419. The molecule has 4 rings (SSSR count). The van der Waals surface area contributed by atoms with Crippen molar-refractivity contribution < 1.29 is 23.4 Å². The van der Waals surface area contributed by atoms with Crippen LogP contribution in [0.25, 0.3) is 0 Å². The molecule has 5 heteroatoms. The van der Waals surface area contributed by atoms with E-state index in [1.807, 2.05) is 6.92 Å². The van der Waals surface area contributed by atoms with E-state index in [4.69, 9.17) is 0 Å². The molecule has 4 aliphatic rings. The van der Waals surface area contributed by atoms with Crippen LogP contribution >= 0.6 is 0 Å². The van der Waals surface area contributed by atoms with Gasteiger partial charge in [0.05, 0.1) is 5.60 Å². The maximum Gasteiger partial charge on any atom is 0.416 e. The van der Waals surface area contributed by atoms with Gasteiger partial charge in [0, 0.05) is 0 Å². The summed E-state index contributed by atoms with van der Waals surface area (Å²) in [5.41, 5.74) is -1.35. The molecule has 0 radical (unpaired) electrons. The fourth-order valence-electron chi connectivity index (χ4n) is 8.94. The number of aliphatic hydroxyl groups is 2. The van der Waals surface area contributed by atoms with Gasteiger partial charge in [0.25, 0.3) is 0 Å². The molecule has 0 amide bonds. The van der Waals surface area contributed by atoms with E-state index in [0.29, 0.717) is 30.1 Å². The fourth-order valence-corrected chi connectivity index (χ4v) is 8.94. The lowest BCUT2D eigenvalue weighted by Crippen LogP contribution is -2.49. The second-order valence-electron chi connectivity index (χ2n) is 13.3. The molecule has 0 saturated heterocycles. The highest BCUT2D eigenvalue weighted by molar-refractivity contribution is 5.25. The lowest BCUT2D eigenvalue weighted by atomic mass is 9.48. The maximum absolute atomic E-state index is 13.2. The van der Waals surface area contributed by atoms with Gasteiger partial charge in [-0.25, -0.2) is 0 Å². The average Bonchev–Trinajstić information content (AvgIpc) is 2.98. The Morgan fingerprint density at radius 2 is 1.76 bits per heavy atom. The summed E-state index contributed by atoms with van der Waals surface area (Å²) in [6, 6.07) is 0. The van der Waals surface area contributed by atoms with Gasteiger partial charge < -0.3 is 10.2 Å². The Morgan fingerprint density at radius 1 is 1.06 bits per heavy atom. The maximum atomic E-state index is 13.2. The summed E-state index contributed by atoms with van der Waals surface area (Å²) >= 11 is 0. The van der Waals surface area contributed by atoms with Crippen molar-refractivity contribution in [2.45, 2.75) is 123 Å². The summed E-state index contributed by atoms with van der Waals surface area (Å²) in [5, 5.41) is 20.8. The lowest BCUT2D eigenvalue weighted by molar-refractivity contribution is -0.256. The molecule has 190 valence electrons. The largest absolute Gasteiger partial charge is 0.416 e. The Morgan fingerprint density at radius 3 is 2.42 bits per heavy atom.